The smallest absolute Gasteiger partial charge is 0.239 e. The molecule has 1 unspecified atom stereocenters. The van der Waals surface area contributed by atoms with Crippen molar-refractivity contribution in [1.29, 1.82) is 0 Å². The summed E-state index contributed by atoms with van der Waals surface area (Å²) in [5.74, 6) is -0.0829. The fourth-order valence-electron chi connectivity index (χ4n) is 3.64. The molecule has 1 aliphatic heterocycles. The van der Waals surface area contributed by atoms with Crippen molar-refractivity contribution in [2.24, 2.45) is 0 Å². The molecule has 2 amide bonds. The Hall–Kier alpha value is -2.34. The summed E-state index contributed by atoms with van der Waals surface area (Å²) >= 11 is 0. The Kier molecular flexibility index (Phi) is 5.38. The average Bonchev–Trinajstić information content (AvgIpc) is 3.20. The normalized spacial score (nSPS) is 17.8. The van der Waals surface area contributed by atoms with E-state index in [1.807, 2.05) is 35.0 Å². The highest BCUT2D eigenvalue weighted by atomic mass is 16.2. The van der Waals surface area contributed by atoms with Crippen LogP contribution >= 0.6 is 0 Å². The van der Waals surface area contributed by atoms with Gasteiger partial charge >= 0.3 is 0 Å². The van der Waals surface area contributed by atoms with Crippen LogP contribution in [0.1, 0.15) is 26.7 Å². The van der Waals surface area contributed by atoms with Gasteiger partial charge in [0, 0.05) is 31.1 Å². The van der Waals surface area contributed by atoms with Gasteiger partial charge in [-0.2, -0.15) is 0 Å². The Labute approximate surface area is 148 Å². The fourth-order valence-corrected chi connectivity index (χ4v) is 3.64. The van der Waals surface area contributed by atoms with Gasteiger partial charge < -0.3 is 15.2 Å². The number of anilines is 1. The summed E-state index contributed by atoms with van der Waals surface area (Å²) < 4.78 is 1.92. The summed E-state index contributed by atoms with van der Waals surface area (Å²) in [5, 5.41) is 6.84. The van der Waals surface area contributed by atoms with Gasteiger partial charge in [0.25, 0.3) is 0 Å². The minimum atomic E-state index is -0.102. The van der Waals surface area contributed by atoms with Crippen molar-refractivity contribution in [2.45, 2.75) is 39.3 Å². The molecular formula is C19H26N4O2. The maximum absolute atomic E-state index is 12.3. The minimum Gasteiger partial charge on any atom is -0.353 e. The summed E-state index contributed by atoms with van der Waals surface area (Å²) in [6, 6.07) is 8.11. The number of nitrogens with one attached hydrogen (secondary N) is 2. The Balaban J connectivity index is 1.64. The van der Waals surface area contributed by atoms with E-state index in [1.165, 1.54) is 13.3 Å². The highest BCUT2D eigenvalue weighted by molar-refractivity contribution is 6.01. The lowest BCUT2D eigenvalue weighted by Crippen LogP contribution is -2.40. The molecule has 1 saturated heterocycles. The van der Waals surface area contributed by atoms with Gasteiger partial charge in [-0.05, 0) is 44.1 Å². The Morgan fingerprint density at radius 3 is 2.88 bits per heavy atom. The second-order valence-electron chi connectivity index (χ2n) is 6.59. The molecule has 25 heavy (non-hydrogen) atoms. The molecule has 6 nitrogen and oxygen atoms in total. The number of fused-ring (bicyclic) bond motifs is 1. The van der Waals surface area contributed by atoms with Crippen molar-refractivity contribution in [2.75, 3.05) is 25.0 Å². The van der Waals surface area contributed by atoms with Crippen LogP contribution in [-0.4, -0.2) is 47.0 Å². The molecule has 0 aliphatic carbocycles. The summed E-state index contributed by atoms with van der Waals surface area (Å²) in [5.41, 5.74) is 1.71. The number of likely N-dealkylation sites (tertiary alicyclic amines) is 1. The molecule has 2 N–H and O–H groups in total. The summed E-state index contributed by atoms with van der Waals surface area (Å²) in [6.07, 6.45) is 4.26. The quantitative estimate of drug-likeness (QED) is 0.846. The molecule has 1 aliphatic rings. The van der Waals surface area contributed by atoms with Crippen LogP contribution < -0.4 is 10.6 Å². The van der Waals surface area contributed by atoms with E-state index in [4.69, 9.17) is 0 Å². The fraction of sp³-hybridized carbons (Fsp3) is 0.474. The lowest BCUT2D eigenvalue weighted by atomic mass is 10.2. The predicted molar refractivity (Wildman–Crippen MR) is 99.5 cm³/mol. The first kappa shape index (κ1) is 17.5. The number of aromatic nitrogens is 1. The lowest BCUT2D eigenvalue weighted by Gasteiger charge is -2.22. The number of carbonyl (C=O) groups is 2. The van der Waals surface area contributed by atoms with Crippen LogP contribution in [0.25, 0.3) is 10.9 Å². The second-order valence-corrected chi connectivity index (χ2v) is 6.59. The molecule has 0 saturated carbocycles. The molecule has 1 atom stereocenters. The van der Waals surface area contributed by atoms with Gasteiger partial charge in [-0.3, -0.25) is 14.5 Å². The van der Waals surface area contributed by atoms with Crippen molar-refractivity contribution >= 4 is 28.4 Å². The summed E-state index contributed by atoms with van der Waals surface area (Å²) in [6.45, 7) is 6.82. The van der Waals surface area contributed by atoms with E-state index < -0.39 is 0 Å². The number of likely N-dealkylation sites (N-methyl/N-ethyl adjacent to an activating group) is 1. The van der Waals surface area contributed by atoms with Crippen LogP contribution in [0.15, 0.2) is 30.5 Å². The van der Waals surface area contributed by atoms with E-state index in [1.54, 1.807) is 0 Å². The van der Waals surface area contributed by atoms with Gasteiger partial charge in [-0.25, -0.2) is 0 Å². The molecule has 0 spiro atoms. The molecule has 134 valence electrons. The predicted octanol–water partition coefficient (Wildman–Crippen LogP) is 2.20. The maximum Gasteiger partial charge on any atom is 0.239 e. The van der Waals surface area contributed by atoms with Gasteiger partial charge in [0.2, 0.25) is 11.8 Å². The molecule has 0 radical (unpaired) electrons. The molecule has 2 heterocycles. The number of hydrogen-bond donors (Lipinski definition) is 2. The van der Waals surface area contributed by atoms with Gasteiger partial charge in [-0.1, -0.05) is 13.0 Å². The van der Waals surface area contributed by atoms with Crippen LogP contribution in [-0.2, 0) is 16.1 Å². The number of carbonyl (C=O) groups excluding carboxylic acids is 2. The van der Waals surface area contributed by atoms with Crippen molar-refractivity contribution in [3.8, 4) is 0 Å². The lowest BCUT2D eigenvalue weighted by molar-refractivity contribution is -0.121. The highest BCUT2D eigenvalue weighted by Crippen LogP contribution is 2.24. The highest BCUT2D eigenvalue weighted by Gasteiger charge is 2.23. The van der Waals surface area contributed by atoms with E-state index in [0.717, 1.165) is 36.1 Å². The molecule has 1 fully saturated rings. The summed E-state index contributed by atoms with van der Waals surface area (Å²) in [7, 11) is 0. The SMILES string of the molecule is CCN1CCCC1CNC(=O)Cn1ccc2c(NC(C)=O)cccc21. The van der Waals surface area contributed by atoms with Gasteiger partial charge in [0.15, 0.2) is 0 Å². The molecular weight excluding hydrogens is 316 g/mol. The van der Waals surface area contributed by atoms with Crippen LogP contribution in [0, 0.1) is 0 Å². The summed E-state index contributed by atoms with van der Waals surface area (Å²) in [4.78, 5) is 26.1. The largest absolute Gasteiger partial charge is 0.353 e. The van der Waals surface area contributed by atoms with Crippen LogP contribution in [0.2, 0.25) is 0 Å². The van der Waals surface area contributed by atoms with Gasteiger partial charge in [0.1, 0.15) is 6.54 Å². The number of nitrogens with zero attached hydrogens (tertiary/aromatic N) is 2. The maximum atomic E-state index is 12.3. The Morgan fingerprint density at radius 1 is 1.28 bits per heavy atom. The number of benzene rings is 1. The van der Waals surface area contributed by atoms with Crippen molar-refractivity contribution in [1.82, 2.24) is 14.8 Å². The van der Waals surface area contributed by atoms with E-state index in [9.17, 15) is 9.59 Å². The van der Waals surface area contributed by atoms with Crippen molar-refractivity contribution in [3.63, 3.8) is 0 Å². The topological polar surface area (TPSA) is 66.4 Å². The number of rotatable bonds is 6. The molecule has 1 aromatic carbocycles. The zero-order valence-electron chi connectivity index (χ0n) is 14.9. The molecule has 2 aromatic rings. The minimum absolute atomic E-state index is 0.0189. The average molecular weight is 342 g/mol. The molecule has 6 heteroatoms. The second kappa shape index (κ2) is 7.70. The van der Waals surface area contributed by atoms with Gasteiger partial charge in [-0.15, -0.1) is 0 Å². The third kappa shape index (κ3) is 4.02. The third-order valence-electron chi connectivity index (χ3n) is 4.88. The Bertz CT molecular complexity index is 768. The van der Waals surface area contributed by atoms with E-state index in [2.05, 4.69) is 22.5 Å². The molecule has 1 aromatic heterocycles. The first-order chi connectivity index (χ1) is 12.1. The standard InChI is InChI=1S/C19H26N4O2/c1-3-22-10-5-6-15(22)12-20-19(25)13-23-11-9-16-17(21-14(2)24)7-4-8-18(16)23/h4,7-9,11,15H,3,5-6,10,12-13H2,1-2H3,(H,20,25)(H,21,24). The van der Waals surface area contributed by atoms with E-state index >= 15 is 0 Å². The van der Waals surface area contributed by atoms with Crippen LogP contribution in [0.5, 0.6) is 0 Å². The van der Waals surface area contributed by atoms with E-state index in [0.29, 0.717) is 12.6 Å². The van der Waals surface area contributed by atoms with Crippen LogP contribution in [0.4, 0.5) is 5.69 Å². The zero-order chi connectivity index (χ0) is 17.8. The van der Waals surface area contributed by atoms with Gasteiger partial charge in [0.05, 0.1) is 11.2 Å². The first-order valence-corrected chi connectivity index (χ1v) is 8.94. The number of amides is 2. The Morgan fingerprint density at radius 2 is 2.12 bits per heavy atom. The molecule has 0 bridgehead atoms. The zero-order valence-corrected chi connectivity index (χ0v) is 14.9. The van der Waals surface area contributed by atoms with Crippen LogP contribution in [0.3, 0.4) is 0 Å². The molecule has 3 rings (SSSR count). The number of hydrogen-bond acceptors (Lipinski definition) is 3. The van der Waals surface area contributed by atoms with Crippen molar-refractivity contribution < 1.29 is 9.59 Å². The first-order valence-electron chi connectivity index (χ1n) is 8.94. The van der Waals surface area contributed by atoms with Crippen molar-refractivity contribution in [3.05, 3.63) is 30.5 Å². The van der Waals surface area contributed by atoms with E-state index in [-0.39, 0.29) is 18.4 Å². The third-order valence-corrected chi connectivity index (χ3v) is 4.88. The monoisotopic (exact) mass is 342 g/mol.